The van der Waals surface area contributed by atoms with Crippen LogP contribution in [0.2, 0.25) is 0 Å². The monoisotopic (exact) mass is 155 g/mol. The molecule has 1 aliphatic heterocycles. The van der Waals surface area contributed by atoms with E-state index < -0.39 is 0 Å². The second kappa shape index (κ2) is 2.29. The van der Waals surface area contributed by atoms with Crippen molar-refractivity contribution in [1.82, 2.24) is 14.5 Å². The number of rotatable bonds is 0. The lowest BCUT2D eigenvalue weighted by atomic mass is 10.1. The van der Waals surface area contributed by atoms with E-state index >= 15 is 0 Å². The summed E-state index contributed by atoms with van der Waals surface area (Å²) >= 11 is 4.25. The standard InChI is InChI=1S/C6H9N3S/c10-9-2-1-6-5(4-9)3-7-8-6/h3,10H,1-2,4H2,(H,7,8). The zero-order valence-corrected chi connectivity index (χ0v) is 6.43. The summed E-state index contributed by atoms with van der Waals surface area (Å²) in [5, 5.41) is 6.92. The molecule has 0 aliphatic carbocycles. The first-order valence-electron chi connectivity index (χ1n) is 3.31. The number of fused-ring (bicyclic) bond motifs is 1. The molecule has 1 aromatic heterocycles. The summed E-state index contributed by atoms with van der Waals surface area (Å²) in [5.74, 6) is 0. The zero-order chi connectivity index (χ0) is 6.97. The summed E-state index contributed by atoms with van der Waals surface area (Å²) in [7, 11) is 0. The molecular formula is C6H9N3S. The first-order valence-corrected chi connectivity index (χ1v) is 3.71. The molecule has 0 aromatic carbocycles. The predicted octanol–water partition coefficient (Wildman–Crippen LogP) is 0.613. The molecule has 1 N–H and O–H groups in total. The zero-order valence-electron chi connectivity index (χ0n) is 5.54. The second-order valence-corrected chi connectivity index (χ2v) is 3.08. The van der Waals surface area contributed by atoms with E-state index in [1.165, 1.54) is 11.3 Å². The van der Waals surface area contributed by atoms with Crippen LogP contribution in [0.1, 0.15) is 11.3 Å². The average molecular weight is 155 g/mol. The molecule has 0 fully saturated rings. The van der Waals surface area contributed by atoms with Crippen LogP contribution in [0.5, 0.6) is 0 Å². The van der Waals surface area contributed by atoms with E-state index in [1.807, 2.05) is 10.5 Å². The van der Waals surface area contributed by atoms with Crippen LogP contribution in [0.25, 0.3) is 0 Å². The number of nitrogens with zero attached hydrogens (tertiary/aromatic N) is 2. The molecule has 0 bridgehead atoms. The van der Waals surface area contributed by atoms with Crippen molar-refractivity contribution in [3.8, 4) is 0 Å². The molecule has 2 heterocycles. The molecule has 0 unspecified atom stereocenters. The third-order valence-electron chi connectivity index (χ3n) is 1.78. The SMILES string of the molecule is SN1CCc2[nH]ncc2C1. The maximum Gasteiger partial charge on any atom is 0.0535 e. The number of nitrogens with one attached hydrogen (secondary N) is 1. The van der Waals surface area contributed by atoms with Crippen molar-refractivity contribution >= 4 is 12.8 Å². The Balaban J connectivity index is 2.30. The van der Waals surface area contributed by atoms with Gasteiger partial charge in [-0.05, 0) is 0 Å². The van der Waals surface area contributed by atoms with E-state index in [1.54, 1.807) is 0 Å². The van der Waals surface area contributed by atoms with Crippen LogP contribution in [0.4, 0.5) is 0 Å². The van der Waals surface area contributed by atoms with Crippen LogP contribution in [0.3, 0.4) is 0 Å². The number of H-pyrrole nitrogens is 1. The molecule has 0 spiro atoms. The summed E-state index contributed by atoms with van der Waals surface area (Å²) in [4.78, 5) is 0. The minimum absolute atomic E-state index is 0.912. The third-order valence-corrected chi connectivity index (χ3v) is 2.12. The number of thiol groups is 1. The minimum atomic E-state index is 0.912. The Morgan fingerprint density at radius 1 is 1.70 bits per heavy atom. The normalized spacial score (nSPS) is 18.9. The average Bonchev–Trinajstić information content (AvgIpc) is 2.33. The fourth-order valence-electron chi connectivity index (χ4n) is 1.21. The van der Waals surface area contributed by atoms with Gasteiger partial charge in [-0.3, -0.25) is 5.10 Å². The molecule has 2 rings (SSSR count). The van der Waals surface area contributed by atoms with E-state index in [0.29, 0.717) is 0 Å². The molecule has 10 heavy (non-hydrogen) atoms. The quantitative estimate of drug-likeness (QED) is 0.538. The van der Waals surface area contributed by atoms with Gasteiger partial charge < -0.3 is 0 Å². The Hall–Kier alpha value is -0.480. The smallest absolute Gasteiger partial charge is 0.0535 e. The molecule has 1 aromatic rings. The second-order valence-electron chi connectivity index (χ2n) is 2.51. The van der Waals surface area contributed by atoms with Gasteiger partial charge in [0, 0.05) is 30.8 Å². The van der Waals surface area contributed by atoms with Gasteiger partial charge >= 0.3 is 0 Å². The lowest BCUT2D eigenvalue weighted by Crippen LogP contribution is -2.21. The van der Waals surface area contributed by atoms with Crippen LogP contribution in [-0.2, 0) is 13.0 Å². The molecule has 4 heteroatoms. The molecule has 54 valence electrons. The molecule has 3 nitrogen and oxygen atoms in total. The number of aromatic amines is 1. The highest BCUT2D eigenvalue weighted by molar-refractivity contribution is 7.77. The fourth-order valence-corrected chi connectivity index (χ4v) is 1.46. The van der Waals surface area contributed by atoms with E-state index in [4.69, 9.17) is 0 Å². The maximum absolute atomic E-state index is 4.25. The third kappa shape index (κ3) is 0.932. The highest BCUT2D eigenvalue weighted by Crippen LogP contribution is 2.16. The van der Waals surface area contributed by atoms with Crippen molar-refractivity contribution in [3.05, 3.63) is 17.5 Å². The van der Waals surface area contributed by atoms with Gasteiger partial charge in [-0.1, -0.05) is 12.8 Å². The number of hydrogen-bond acceptors (Lipinski definition) is 3. The minimum Gasteiger partial charge on any atom is -0.282 e. The van der Waals surface area contributed by atoms with Gasteiger partial charge in [0.25, 0.3) is 0 Å². The highest BCUT2D eigenvalue weighted by Gasteiger charge is 2.14. The van der Waals surface area contributed by atoms with Crippen molar-refractivity contribution in [2.24, 2.45) is 0 Å². The van der Waals surface area contributed by atoms with Crippen molar-refractivity contribution in [2.75, 3.05) is 6.54 Å². The van der Waals surface area contributed by atoms with Crippen molar-refractivity contribution < 1.29 is 0 Å². The van der Waals surface area contributed by atoms with Crippen molar-refractivity contribution in [3.63, 3.8) is 0 Å². The molecular weight excluding hydrogens is 146 g/mol. The summed E-state index contributed by atoms with van der Waals surface area (Å²) in [6, 6.07) is 0. The van der Waals surface area contributed by atoms with Gasteiger partial charge in [-0.2, -0.15) is 5.10 Å². The lowest BCUT2D eigenvalue weighted by molar-refractivity contribution is 0.447. The van der Waals surface area contributed by atoms with Gasteiger partial charge in [-0.25, -0.2) is 4.31 Å². The first-order chi connectivity index (χ1) is 4.86. The Morgan fingerprint density at radius 3 is 3.50 bits per heavy atom. The van der Waals surface area contributed by atoms with Crippen LogP contribution in [0.15, 0.2) is 6.20 Å². The predicted molar refractivity (Wildman–Crippen MR) is 41.7 cm³/mol. The molecule has 0 saturated heterocycles. The number of aromatic nitrogens is 2. The van der Waals surface area contributed by atoms with Crippen LogP contribution in [0, 0.1) is 0 Å². The van der Waals surface area contributed by atoms with E-state index in [0.717, 1.165) is 19.5 Å². The summed E-state index contributed by atoms with van der Waals surface area (Å²) in [5.41, 5.74) is 2.55. The van der Waals surface area contributed by atoms with Crippen molar-refractivity contribution in [1.29, 1.82) is 0 Å². The fraction of sp³-hybridized carbons (Fsp3) is 0.500. The van der Waals surface area contributed by atoms with Gasteiger partial charge in [0.15, 0.2) is 0 Å². The molecule has 1 aliphatic rings. The van der Waals surface area contributed by atoms with Gasteiger partial charge in [0.2, 0.25) is 0 Å². The highest BCUT2D eigenvalue weighted by atomic mass is 32.1. The molecule has 0 atom stereocenters. The van der Waals surface area contributed by atoms with E-state index in [2.05, 4.69) is 23.0 Å². The Morgan fingerprint density at radius 2 is 2.60 bits per heavy atom. The van der Waals surface area contributed by atoms with Gasteiger partial charge in [0.1, 0.15) is 0 Å². The van der Waals surface area contributed by atoms with Gasteiger partial charge in [0.05, 0.1) is 6.20 Å². The Kier molecular flexibility index (Phi) is 1.43. The summed E-state index contributed by atoms with van der Waals surface area (Å²) in [6.07, 6.45) is 2.91. The number of hydrogen-bond donors (Lipinski definition) is 2. The largest absolute Gasteiger partial charge is 0.282 e. The molecule has 0 amide bonds. The molecule has 0 saturated carbocycles. The Bertz CT molecular complexity index is 233. The van der Waals surface area contributed by atoms with Crippen LogP contribution < -0.4 is 0 Å². The Labute approximate surface area is 65.0 Å². The van der Waals surface area contributed by atoms with Crippen LogP contribution in [-0.4, -0.2) is 21.0 Å². The first kappa shape index (κ1) is 6.24. The summed E-state index contributed by atoms with van der Waals surface area (Å²) in [6.45, 7) is 1.92. The van der Waals surface area contributed by atoms with E-state index in [-0.39, 0.29) is 0 Å². The van der Waals surface area contributed by atoms with Crippen LogP contribution >= 0.6 is 12.8 Å². The van der Waals surface area contributed by atoms with E-state index in [9.17, 15) is 0 Å². The maximum atomic E-state index is 4.25. The topological polar surface area (TPSA) is 31.9 Å². The lowest BCUT2D eigenvalue weighted by Gasteiger charge is -2.19. The molecule has 0 radical (unpaired) electrons. The summed E-state index contributed by atoms with van der Waals surface area (Å²) < 4.78 is 2.00. The van der Waals surface area contributed by atoms with Crippen molar-refractivity contribution in [2.45, 2.75) is 13.0 Å². The van der Waals surface area contributed by atoms with Gasteiger partial charge in [-0.15, -0.1) is 0 Å².